The largest absolute Gasteiger partial charge is 0.377 e. The highest BCUT2D eigenvalue weighted by molar-refractivity contribution is 6.12. The van der Waals surface area contributed by atoms with E-state index < -0.39 is 18.1 Å². The van der Waals surface area contributed by atoms with Crippen LogP contribution >= 0.6 is 0 Å². The van der Waals surface area contributed by atoms with Crippen molar-refractivity contribution in [3.05, 3.63) is 11.6 Å². The van der Waals surface area contributed by atoms with Crippen LogP contribution < -0.4 is 26.6 Å². The molecule has 2 radical (unpaired) electrons. The van der Waals surface area contributed by atoms with E-state index in [-0.39, 0.29) is 30.4 Å². The Morgan fingerprint density at radius 3 is 2.78 bits per heavy atom. The molecular formula is C22H41BFN5O3. The normalized spacial score (nSPS) is 40.5. The third-order valence-electron chi connectivity index (χ3n) is 6.83. The number of hydrogen-bond acceptors (Lipinski definition) is 8. The Morgan fingerprint density at radius 1 is 1.25 bits per heavy atom. The highest BCUT2D eigenvalue weighted by Gasteiger charge is 2.49. The van der Waals surface area contributed by atoms with Crippen LogP contribution in [0, 0.1) is 11.8 Å². The summed E-state index contributed by atoms with van der Waals surface area (Å²) < 4.78 is 21.9. The van der Waals surface area contributed by atoms with E-state index in [1.807, 2.05) is 20.8 Å². The molecule has 3 heterocycles. The van der Waals surface area contributed by atoms with Gasteiger partial charge in [0.1, 0.15) is 12.5 Å². The Balaban J connectivity index is 0.00000141. The zero-order chi connectivity index (χ0) is 23.3. The van der Waals surface area contributed by atoms with Crippen LogP contribution in [0.1, 0.15) is 52.9 Å². The molecule has 8 nitrogen and oxygen atoms in total. The van der Waals surface area contributed by atoms with Crippen molar-refractivity contribution in [2.45, 2.75) is 95.5 Å². The Kier molecular flexibility index (Phi) is 9.52. The average Bonchev–Trinajstić information content (AvgIpc) is 3.01. The molecule has 1 aliphatic carbocycles. The van der Waals surface area contributed by atoms with Crippen molar-refractivity contribution in [1.82, 2.24) is 26.6 Å². The van der Waals surface area contributed by atoms with Gasteiger partial charge in [0.25, 0.3) is 0 Å². The van der Waals surface area contributed by atoms with Crippen LogP contribution in [0.4, 0.5) is 4.39 Å². The van der Waals surface area contributed by atoms with Crippen LogP contribution in [0.3, 0.4) is 0 Å². The summed E-state index contributed by atoms with van der Waals surface area (Å²) in [4.78, 5) is 0. The Morgan fingerprint density at radius 2 is 2.03 bits per heavy atom. The van der Waals surface area contributed by atoms with Crippen LogP contribution in [0.5, 0.6) is 0 Å². The first kappa shape index (κ1) is 26.0. The van der Waals surface area contributed by atoms with Crippen molar-refractivity contribution < 1.29 is 19.3 Å². The van der Waals surface area contributed by atoms with Crippen LogP contribution in [-0.4, -0.2) is 80.4 Å². The number of alkyl halides is 1. The van der Waals surface area contributed by atoms with Crippen molar-refractivity contribution in [3.63, 3.8) is 0 Å². The number of fused-ring (bicyclic) bond motifs is 1. The number of hydrogen-bond donors (Lipinski definition) is 7. The first-order valence-corrected chi connectivity index (χ1v) is 12.2. The molecule has 2 saturated heterocycles. The molecule has 182 valence electrons. The van der Waals surface area contributed by atoms with Gasteiger partial charge < -0.3 is 20.3 Å². The fourth-order valence-electron chi connectivity index (χ4n) is 5.59. The molecule has 0 bridgehead atoms. The Labute approximate surface area is 192 Å². The summed E-state index contributed by atoms with van der Waals surface area (Å²) in [5.74, 6) is -2.34. The smallest absolute Gasteiger partial charge is 0.178 e. The van der Waals surface area contributed by atoms with Gasteiger partial charge in [0.05, 0.1) is 12.3 Å². The van der Waals surface area contributed by atoms with Crippen molar-refractivity contribution in [2.24, 2.45) is 11.8 Å². The zero-order valence-corrected chi connectivity index (χ0v) is 19.6. The van der Waals surface area contributed by atoms with Crippen molar-refractivity contribution in [3.8, 4) is 0 Å². The molecule has 0 aromatic carbocycles. The Hall–Kier alpha value is -0.585. The van der Waals surface area contributed by atoms with Crippen LogP contribution in [-0.2, 0) is 4.74 Å². The van der Waals surface area contributed by atoms with E-state index in [4.69, 9.17) is 12.6 Å². The van der Waals surface area contributed by atoms with E-state index in [1.165, 1.54) is 5.57 Å². The second kappa shape index (κ2) is 11.7. The highest BCUT2D eigenvalue weighted by atomic mass is 19.1. The van der Waals surface area contributed by atoms with Crippen molar-refractivity contribution >= 4 is 7.85 Å². The minimum atomic E-state index is -2.47. The van der Waals surface area contributed by atoms with E-state index in [2.05, 4.69) is 32.7 Å². The maximum atomic E-state index is 15.9. The zero-order valence-electron chi connectivity index (χ0n) is 19.6. The first-order chi connectivity index (χ1) is 15.3. The first-order valence-electron chi connectivity index (χ1n) is 12.2. The number of ether oxygens (including phenoxy) is 1. The van der Waals surface area contributed by atoms with Gasteiger partial charge in [-0.1, -0.05) is 25.5 Å². The predicted octanol–water partition coefficient (Wildman–Crippen LogP) is -0.0212. The summed E-state index contributed by atoms with van der Waals surface area (Å²) in [5, 5.41) is 34.8. The van der Waals surface area contributed by atoms with E-state index in [1.54, 1.807) is 0 Å². The maximum Gasteiger partial charge on any atom is 0.178 e. The molecule has 32 heavy (non-hydrogen) atoms. The van der Waals surface area contributed by atoms with E-state index in [9.17, 15) is 10.2 Å². The van der Waals surface area contributed by atoms with Gasteiger partial charge in [-0.15, -0.1) is 0 Å². The molecule has 0 aromatic rings. The summed E-state index contributed by atoms with van der Waals surface area (Å²) in [6.07, 6.45) is 4.49. The average molecular weight is 453 g/mol. The molecule has 0 amide bonds. The molecule has 8 atom stereocenters. The van der Waals surface area contributed by atoms with Crippen molar-refractivity contribution in [1.29, 1.82) is 0 Å². The van der Waals surface area contributed by atoms with Gasteiger partial charge in [0.15, 0.2) is 13.7 Å². The van der Waals surface area contributed by atoms with E-state index in [0.29, 0.717) is 18.9 Å². The van der Waals surface area contributed by atoms with Gasteiger partial charge >= 0.3 is 0 Å². The van der Waals surface area contributed by atoms with Crippen LogP contribution in [0.2, 0.25) is 0 Å². The van der Waals surface area contributed by atoms with Gasteiger partial charge in [-0.05, 0) is 51.5 Å². The molecule has 3 fully saturated rings. The van der Waals surface area contributed by atoms with Crippen LogP contribution in [0.25, 0.3) is 0 Å². The minimum Gasteiger partial charge on any atom is -0.377 e. The molecule has 4 rings (SSSR count). The predicted molar refractivity (Wildman–Crippen MR) is 123 cm³/mol. The molecule has 7 N–H and O–H groups in total. The highest BCUT2D eigenvalue weighted by Crippen LogP contribution is 2.44. The quantitative estimate of drug-likeness (QED) is 0.177. The lowest BCUT2D eigenvalue weighted by atomic mass is 9.71. The van der Waals surface area contributed by atoms with Crippen LogP contribution in [0.15, 0.2) is 11.6 Å². The molecule has 4 aliphatic rings. The summed E-state index contributed by atoms with van der Waals surface area (Å²) >= 11 is 0. The lowest BCUT2D eigenvalue weighted by molar-refractivity contribution is -0.124. The topological polar surface area (TPSA) is 110 Å². The fourth-order valence-corrected chi connectivity index (χ4v) is 5.59. The Bertz CT molecular complexity index is 623. The van der Waals surface area contributed by atoms with Crippen molar-refractivity contribution in [2.75, 3.05) is 19.7 Å². The molecule has 8 unspecified atom stereocenters. The monoisotopic (exact) mass is 453 g/mol. The second-order valence-electron chi connectivity index (χ2n) is 9.28. The van der Waals surface area contributed by atoms with E-state index in [0.717, 1.165) is 38.8 Å². The van der Waals surface area contributed by atoms with E-state index >= 15 is 4.39 Å². The van der Waals surface area contributed by atoms with Gasteiger partial charge in [0, 0.05) is 31.2 Å². The standard InChI is InChI=1S/C20H35BFN5O3.C2H6/c1-11-9-15(27-20(21,28)29)26-19(24-11)25-14-10-13-5-8-30-18(13)16(17(14)22)12-3-2-6-23-7-4-12;1-2/h4,11,13-19,23-29H,2-3,5-10H2,1H3;1-2H3. The SMILES string of the molecule is CC.[B]C(O)(O)NC1CC(C)NC(NC2CC3CCOC3C(C3=CCNCCC3)C2F)N1. The molecule has 0 spiro atoms. The molecule has 0 aromatic heterocycles. The third kappa shape index (κ3) is 6.73. The molecular weight excluding hydrogens is 412 g/mol. The maximum absolute atomic E-state index is 15.9. The van der Waals surface area contributed by atoms with Gasteiger partial charge in [-0.3, -0.25) is 21.3 Å². The molecule has 1 saturated carbocycles. The lowest BCUT2D eigenvalue weighted by Crippen LogP contribution is -2.71. The fraction of sp³-hybridized carbons (Fsp3) is 0.909. The molecule has 3 aliphatic heterocycles. The lowest BCUT2D eigenvalue weighted by Gasteiger charge is -2.45. The number of rotatable bonds is 5. The minimum absolute atomic E-state index is 0.0374. The number of halogens is 1. The third-order valence-corrected chi connectivity index (χ3v) is 6.83. The summed E-state index contributed by atoms with van der Waals surface area (Å²) in [5.41, 5.74) is 1.18. The number of nitrogens with one attached hydrogen (secondary N) is 5. The van der Waals surface area contributed by atoms with Gasteiger partial charge in [0.2, 0.25) is 0 Å². The summed E-state index contributed by atoms with van der Waals surface area (Å²) in [6, 6.07) is -0.240. The molecule has 10 heteroatoms. The van der Waals surface area contributed by atoms with Gasteiger partial charge in [-0.2, -0.15) is 0 Å². The number of aliphatic hydroxyl groups is 2. The summed E-state index contributed by atoms with van der Waals surface area (Å²) in [6.45, 7) is 8.44. The van der Waals surface area contributed by atoms with Gasteiger partial charge in [-0.25, -0.2) is 4.39 Å². The second-order valence-corrected chi connectivity index (χ2v) is 9.28. The summed E-state index contributed by atoms with van der Waals surface area (Å²) in [7, 11) is 5.27.